The van der Waals surface area contributed by atoms with Gasteiger partial charge in [-0.1, -0.05) is 18.2 Å². The van der Waals surface area contributed by atoms with Crippen LogP contribution in [0, 0.1) is 0 Å². The first-order valence-electron chi connectivity index (χ1n) is 6.82. The molecule has 4 heteroatoms. The van der Waals surface area contributed by atoms with Gasteiger partial charge in [0.1, 0.15) is 11.4 Å². The van der Waals surface area contributed by atoms with Crippen LogP contribution in [-0.2, 0) is 4.74 Å². The molecule has 0 saturated heterocycles. The van der Waals surface area contributed by atoms with E-state index in [0.29, 0.717) is 5.56 Å². The summed E-state index contributed by atoms with van der Waals surface area (Å²) in [4.78, 5) is 15.3. The Morgan fingerprint density at radius 1 is 1.14 bits per heavy atom. The molecule has 3 aromatic rings. The number of H-pyrrole nitrogens is 1. The third-order valence-electron chi connectivity index (χ3n) is 3.22. The van der Waals surface area contributed by atoms with E-state index in [2.05, 4.69) is 4.98 Å². The number of ether oxygens (including phenoxy) is 1. The predicted molar refractivity (Wildman–Crippen MR) is 82.6 cm³/mol. The van der Waals surface area contributed by atoms with Crippen molar-refractivity contribution in [2.24, 2.45) is 0 Å². The van der Waals surface area contributed by atoms with E-state index in [-0.39, 0.29) is 5.75 Å². The van der Waals surface area contributed by atoms with E-state index in [0.717, 1.165) is 21.8 Å². The molecule has 1 aromatic heterocycles. The number of carbonyl (C=O) groups excluding carboxylic acids is 1. The molecule has 0 atom stereocenters. The zero-order chi connectivity index (χ0) is 15.2. The molecule has 0 unspecified atom stereocenters. The third kappa shape index (κ3) is 2.44. The van der Waals surface area contributed by atoms with E-state index in [1.54, 1.807) is 6.07 Å². The van der Waals surface area contributed by atoms with Gasteiger partial charge in [0, 0.05) is 16.3 Å². The van der Waals surface area contributed by atoms with Gasteiger partial charge in [0.2, 0.25) is 0 Å². The van der Waals surface area contributed by atoms with Gasteiger partial charge in [-0.3, -0.25) is 0 Å². The van der Waals surface area contributed by atoms with Gasteiger partial charge in [0.25, 0.3) is 0 Å². The van der Waals surface area contributed by atoms with E-state index in [4.69, 9.17) is 4.74 Å². The molecule has 108 valence electrons. The molecule has 3 rings (SSSR count). The highest BCUT2D eigenvalue weighted by atomic mass is 16.6. The molecular formula is C17H17NO3. The number of hydrogen-bond donors (Lipinski definition) is 2. The van der Waals surface area contributed by atoms with Crippen molar-refractivity contribution < 1.29 is 14.6 Å². The van der Waals surface area contributed by atoms with Gasteiger partial charge < -0.3 is 14.8 Å². The number of fused-ring (bicyclic) bond motifs is 3. The molecule has 0 radical (unpaired) electrons. The lowest BCUT2D eigenvalue weighted by Gasteiger charge is -2.19. The van der Waals surface area contributed by atoms with Crippen LogP contribution in [0.2, 0.25) is 0 Å². The topological polar surface area (TPSA) is 62.3 Å². The zero-order valence-corrected chi connectivity index (χ0v) is 12.2. The quantitative estimate of drug-likeness (QED) is 0.664. The van der Waals surface area contributed by atoms with Crippen molar-refractivity contribution in [3.63, 3.8) is 0 Å². The normalized spacial score (nSPS) is 12.0. The Morgan fingerprint density at radius 3 is 2.57 bits per heavy atom. The second-order valence-electron chi connectivity index (χ2n) is 6.09. The van der Waals surface area contributed by atoms with E-state index >= 15 is 0 Å². The SMILES string of the molecule is CC(C)(C)OC(=O)c1cc(O)c2c(c1)[nH]c1ccccc12. The average Bonchev–Trinajstić information content (AvgIpc) is 2.75. The monoisotopic (exact) mass is 283 g/mol. The molecule has 1 heterocycles. The van der Waals surface area contributed by atoms with Crippen molar-refractivity contribution >= 4 is 27.8 Å². The summed E-state index contributed by atoms with van der Waals surface area (Å²) in [7, 11) is 0. The molecule has 0 amide bonds. The van der Waals surface area contributed by atoms with Gasteiger partial charge in [0.05, 0.1) is 11.1 Å². The minimum atomic E-state index is -0.567. The molecule has 2 N–H and O–H groups in total. The number of aromatic hydroxyl groups is 1. The highest BCUT2D eigenvalue weighted by Gasteiger charge is 2.20. The lowest BCUT2D eigenvalue weighted by atomic mass is 10.1. The highest BCUT2D eigenvalue weighted by Crippen LogP contribution is 2.33. The number of rotatable bonds is 1. The first kappa shape index (κ1) is 13.5. The van der Waals surface area contributed by atoms with Crippen LogP contribution < -0.4 is 0 Å². The van der Waals surface area contributed by atoms with E-state index < -0.39 is 11.6 Å². The summed E-state index contributed by atoms with van der Waals surface area (Å²) in [5, 5.41) is 11.9. The van der Waals surface area contributed by atoms with Gasteiger partial charge in [-0.2, -0.15) is 0 Å². The maximum atomic E-state index is 12.1. The smallest absolute Gasteiger partial charge is 0.338 e. The van der Waals surface area contributed by atoms with E-state index in [1.165, 1.54) is 6.07 Å². The van der Waals surface area contributed by atoms with Crippen LogP contribution >= 0.6 is 0 Å². The van der Waals surface area contributed by atoms with Crippen molar-refractivity contribution in [3.05, 3.63) is 42.0 Å². The molecule has 0 aliphatic carbocycles. The molecule has 2 aromatic carbocycles. The first-order valence-corrected chi connectivity index (χ1v) is 6.82. The second-order valence-corrected chi connectivity index (χ2v) is 6.09. The van der Waals surface area contributed by atoms with Crippen LogP contribution in [0.5, 0.6) is 5.75 Å². The Kier molecular flexibility index (Phi) is 2.90. The molecule has 0 aliphatic rings. The molecule has 21 heavy (non-hydrogen) atoms. The van der Waals surface area contributed by atoms with Crippen LogP contribution in [-0.4, -0.2) is 21.7 Å². The van der Waals surface area contributed by atoms with Crippen LogP contribution in [0.1, 0.15) is 31.1 Å². The Labute approximate surface area is 122 Å². The summed E-state index contributed by atoms with van der Waals surface area (Å²) in [5.74, 6) is -0.371. The van der Waals surface area contributed by atoms with Crippen molar-refractivity contribution in [1.29, 1.82) is 0 Å². The van der Waals surface area contributed by atoms with Gasteiger partial charge in [-0.25, -0.2) is 4.79 Å². The van der Waals surface area contributed by atoms with Crippen LogP contribution in [0.15, 0.2) is 36.4 Å². The van der Waals surface area contributed by atoms with Crippen LogP contribution in [0.25, 0.3) is 21.8 Å². The number of aromatic amines is 1. The van der Waals surface area contributed by atoms with Crippen molar-refractivity contribution in [2.75, 3.05) is 0 Å². The minimum Gasteiger partial charge on any atom is -0.507 e. The fourth-order valence-electron chi connectivity index (χ4n) is 2.42. The lowest BCUT2D eigenvalue weighted by molar-refractivity contribution is 0.00693. The van der Waals surface area contributed by atoms with Crippen molar-refractivity contribution in [1.82, 2.24) is 4.98 Å². The number of benzene rings is 2. The Balaban J connectivity index is 2.15. The lowest BCUT2D eigenvalue weighted by Crippen LogP contribution is -2.23. The number of nitrogens with one attached hydrogen (secondary N) is 1. The zero-order valence-electron chi connectivity index (χ0n) is 12.2. The number of hydrogen-bond acceptors (Lipinski definition) is 3. The van der Waals surface area contributed by atoms with Gasteiger partial charge >= 0.3 is 5.97 Å². The fourth-order valence-corrected chi connectivity index (χ4v) is 2.42. The fraction of sp³-hybridized carbons (Fsp3) is 0.235. The molecule has 0 bridgehead atoms. The number of carbonyl (C=O) groups is 1. The van der Waals surface area contributed by atoms with Crippen LogP contribution in [0.4, 0.5) is 0 Å². The number of phenolic OH excluding ortho intramolecular Hbond substituents is 1. The molecule has 4 nitrogen and oxygen atoms in total. The summed E-state index contributed by atoms with van der Waals surface area (Å²) >= 11 is 0. The summed E-state index contributed by atoms with van der Waals surface area (Å²) in [6.45, 7) is 5.44. The number of phenols is 1. The van der Waals surface area contributed by atoms with Crippen molar-refractivity contribution in [2.45, 2.75) is 26.4 Å². The van der Waals surface area contributed by atoms with E-state index in [9.17, 15) is 9.90 Å². The Bertz CT molecular complexity index is 840. The Morgan fingerprint density at radius 2 is 1.86 bits per heavy atom. The largest absolute Gasteiger partial charge is 0.507 e. The maximum absolute atomic E-state index is 12.1. The average molecular weight is 283 g/mol. The molecular weight excluding hydrogens is 266 g/mol. The summed E-state index contributed by atoms with van der Waals surface area (Å²) in [5.41, 5.74) is 1.41. The van der Waals surface area contributed by atoms with Gasteiger partial charge in [-0.05, 0) is 39.0 Å². The number of esters is 1. The number of aromatic nitrogens is 1. The summed E-state index contributed by atoms with van der Waals surface area (Å²) in [6, 6.07) is 10.9. The Hall–Kier alpha value is -2.49. The van der Waals surface area contributed by atoms with E-state index in [1.807, 2.05) is 45.0 Å². The maximum Gasteiger partial charge on any atom is 0.338 e. The van der Waals surface area contributed by atoms with Gasteiger partial charge in [0.15, 0.2) is 0 Å². The first-order chi connectivity index (χ1) is 9.85. The predicted octanol–water partition coefficient (Wildman–Crippen LogP) is 3.98. The van der Waals surface area contributed by atoms with Gasteiger partial charge in [-0.15, -0.1) is 0 Å². The molecule has 0 saturated carbocycles. The van der Waals surface area contributed by atoms with Crippen LogP contribution in [0.3, 0.4) is 0 Å². The molecule has 0 aliphatic heterocycles. The third-order valence-corrected chi connectivity index (χ3v) is 3.22. The number of para-hydroxylation sites is 1. The molecule has 0 fully saturated rings. The summed E-state index contributed by atoms with van der Waals surface area (Å²) in [6.07, 6.45) is 0. The second kappa shape index (κ2) is 4.52. The molecule has 0 spiro atoms. The summed E-state index contributed by atoms with van der Waals surface area (Å²) < 4.78 is 5.34. The van der Waals surface area contributed by atoms with Crippen molar-refractivity contribution in [3.8, 4) is 5.75 Å². The highest BCUT2D eigenvalue weighted by molar-refractivity contribution is 6.12. The minimum absolute atomic E-state index is 0.0748. The standard InChI is InChI=1S/C17H17NO3/c1-17(2,3)21-16(20)10-8-13-15(14(19)9-10)11-6-4-5-7-12(11)18-13/h4-9,18-19H,1-3H3.